The fourth-order valence-corrected chi connectivity index (χ4v) is 2.43. The maximum Gasteiger partial charge on any atom is 0.416 e. The average Bonchev–Trinajstić information content (AvgIpc) is 2.45. The molecule has 0 amide bonds. The summed E-state index contributed by atoms with van der Waals surface area (Å²) in [5, 5.41) is 20.0. The average molecular weight is 364 g/mol. The first kappa shape index (κ1) is 19.3. The molecule has 2 nitrogen and oxygen atoms in total. The van der Waals surface area contributed by atoms with E-state index in [0.29, 0.717) is 17.7 Å². The van der Waals surface area contributed by atoms with Crippen LogP contribution in [0, 0.1) is 0 Å². The van der Waals surface area contributed by atoms with E-state index in [9.17, 15) is 36.6 Å². The molecular weight excluding hydrogens is 350 g/mol. The molecule has 0 atom stereocenters. The van der Waals surface area contributed by atoms with Crippen molar-refractivity contribution in [2.75, 3.05) is 0 Å². The van der Waals surface area contributed by atoms with Crippen LogP contribution in [0.25, 0.3) is 0 Å². The summed E-state index contributed by atoms with van der Waals surface area (Å²) in [5.41, 5.74) is -2.97. The fraction of sp³-hybridized carbons (Fsp3) is 0.294. The molecule has 0 aliphatic heterocycles. The zero-order chi connectivity index (χ0) is 18.9. The van der Waals surface area contributed by atoms with Crippen molar-refractivity contribution in [3.05, 3.63) is 70.8 Å². The number of aliphatic hydroxyl groups is 2. The van der Waals surface area contributed by atoms with E-state index in [1.165, 1.54) is 0 Å². The SMILES string of the molecule is OC(O)(Cc1ccccc1)Cc1cc(C(F)(F)F)cc(C(F)(F)F)c1. The van der Waals surface area contributed by atoms with Gasteiger partial charge in [0.2, 0.25) is 0 Å². The lowest BCUT2D eigenvalue weighted by atomic mass is 9.95. The molecule has 0 fully saturated rings. The van der Waals surface area contributed by atoms with Gasteiger partial charge in [0, 0.05) is 12.8 Å². The molecule has 2 aromatic rings. The molecule has 136 valence electrons. The van der Waals surface area contributed by atoms with Crippen molar-refractivity contribution in [1.82, 2.24) is 0 Å². The van der Waals surface area contributed by atoms with E-state index >= 15 is 0 Å². The minimum Gasteiger partial charge on any atom is -0.365 e. The van der Waals surface area contributed by atoms with E-state index in [1.807, 2.05) is 0 Å². The first-order valence-corrected chi connectivity index (χ1v) is 7.14. The Balaban J connectivity index is 2.34. The Morgan fingerprint density at radius 1 is 0.640 bits per heavy atom. The topological polar surface area (TPSA) is 40.5 Å². The number of hydrogen-bond acceptors (Lipinski definition) is 2. The van der Waals surface area contributed by atoms with Gasteiger partial charge in [0.25, 0.3) is 0 Å². The van der Waals surface area contributed by atoms with Crippen LogP contribution in [0.2, 0.25) is 0 Å². The number of rotatable bonds is 4. The smallest absolute Gasteiger partial charge is 0.365 e. The molecule has 0 spiro atoms. The summed E-state index contributed by atoms with van der Waals surface area (Å²) >= 11 is 0. The van der Waals surface area contributed by atoms with Gasteiger partial charge in [-0.3, -0.25) is 0 Å². The Kier molecular flexibility index (Phi) is 5.15. The molecule has 2 aromatic carbocycles. The molecule has 0 bridgehead atoms. The molecule has 0 heterocycles. The highest BCUT2D eigenvalue weighted by atomic mass is 19.4. The summed E-state index contributed by atoms with van der Waals surface area (Å²) < 4.78 is 76.9. The van der Waals surface area contributed by atoms with Crippen LogP contribution >= 0.6 is 0 Å². The summed E-state index contributed by atoms with van der Waals surface area (Å²) in [6, 6.07) is 9.03. The first-order valence-electron chi connectivity index (χ1n) is 7.14. The van der Waals surface area contributed by atoms with Gasteiger partial charge in [0.15, 0.2) is 5.79 Å². The molecule has 0 unspecified atom stereocenters. The molecule has 8 heteroatoms. The summed E-state index contributed by atoms with van der Waals surface area (Å²) in [6.07, 6.45) is -11.1. The van der Waals surface area contributed by atoms with E-state index in [4.69, 9.17) is 0 Å². The van der Waals surface area contributed by atoms with Gasteiger partial charge < -0.3 is 10.2 Å². The van der Waals surface area contributed by atoms with Crippen molar-refractivity contribution >= 4 is 0 Å². The van der Waals surface area contributed by atoms with Crippen LogP contribution in [0.4, 0.5) is 26.3 Å². The van der Waals surface area contributed by atoms with Crippen LogP contribution in [0.15, 0.2) is 48.5 Å². The van der Waals surface area contributed by atoms with E-state index in [0.717, 1.165) is 0 Å². The number of hydrogen-bond donors (Lipinski definition) is 2. The Labute approximate surface area is 139 Å². The zero-order valence-electron chi connectivity index (χ0n) is 12.7. The number of alkyl halides is 6. The standard InChI is InChI=1S/C17H14F6O2/c18-16(19,20)13-6-12(7-14(8-13)17(21,22)23)10-15(24,25)9-11-4-2-1-3-5-11/h1-8,24-25H,9-10H2. The van der Waals surface area contributed by atoms with Crippen molar-refractivity contribution in [1.29, 1.82) is 0 Å². The van der Waals surface area contributed by atoms with Crippen LogP contribution in [-0.4, -0.2) is 16.0 Å². The number of halogens is 6. The van der Waals surface area contributed by atoms with Crippen LogP contribution in [0.3, 0.4) is 0 Å². The van der Waals surface area contributed by atoms with E-state index < -0.39 is 41.3 Å². The predicted molar refractivity (Wildman–Crippen MR) is 77.5 cm³/mol. The zero-order valence-corrected chi connectivity index (χ0v) is 12.7. The summed E-state index contributed by atoms with van der Waals surface area (Å²) in [6.45, 7) is 0. The van der Waals surface area contributed by atoms with Gasteiger partial charge in [-0.05, 0) is 29.3 Å². The Morgan fingerprint density at radius 2 is 1.08 bits per heavy atom. The van der Waals surface area contributed by atoms with Gasteiger partial charge >= 0.3 is 12.4 Å². The van der Waals surface area contributed by atoms with Crippen molar-refractivity contribution < 1.29 is 36.6 Å². The monoisotopic (exact) mass is 364 g/mol. The van der Waals surface area contributed by atoms with Crippen LogP contribution in [0.5, 0.6) is 0 Å². The normalized spacial score (nSPS) is 13.1. The summed E-state index contributed by atoms with van der Waals surface area (Å²) in [7, 11) is 0. The molecule has 25 heavy (non-hydrogen) atoms. The fourth-order valence-electron chi connectivity index (χ4n) is 2.43. The van der Waals surface area contributed by atoms with Crippen molar-refractivity contribution in [3.63, 3.8) is 0 Å². The molecule has 2 rings (SSSR count). The highest BCUT2D eigenvalue weighted by Gasteiger charge is 2.37. The lowest BCUT2D eigenvalue weighted by Gasteiger charge is -2.23. The summed E-state index contributed by atoms with van der Waals surface area (Å²) in [4.78, 5) is 0. The van der Waals surface area contributed by atoms with Gasteiger partial charge in [0.05, 0.1) is 11.1 Å². The molecule has 0 saturated heterocycles. The van der Waals surface area contributed by atoms with Crippen LogP contribution in [0.1, 0.15) is 22.3 Å². The van der Waals surface area contributed by atoms with Gasteiger partial charge in [-0.15, -0.1) is 0 Å². The minimum atomic E-state index is -4.98. The quantitative estimate of drug-likeness (QED) is 0.631. The van der Waals surface area contributed by atoms with Gasteiger partial charge in [-0.1, -0.05) is 30.3 Å². The third kappa shape index (κ3) is 5.47. The Bertz CT molecular complexity index is 688. The lowest BCUT2D eigenvalue weighted by molar-refractivity contribution is -0.159. The van der Waals surface area contributed by atoms with E-state index in [2.05, 4.69) is 0 Å². The molecule has 0 aliphatic carbocycles. The molecular formula is C17H14F6O2. The van der Waals surface area contributed by atoms with Crippen LogP contribution in [-0.2, 0) is 25.2 Å². The number of benzene rings is 2. The second kappa shape index (κ2) is 6.68. The van der Waals surface area contributed by atoms with Gasteiger partial charge in [-0.25, -0.2) is 0 Å². The third-order valence-electron chi connectivity index (χ3n) is 3.46. The van der Waals surface area contributed by atoms with E-state index in [-0.39, 0.29) is 12.5 Å². The second-order valence-corrected chi connectivity index (χ2v) is 5.74. The van der Waals surface area contributed by atoms with Crippen molar-refractivity contribution in [3.8, 4) is 0 Å². The lowest BCUT2D eigenvalue weighted by Crippen LogP contribution is -2.34. The predicted octanol–water partition coefficient (Wildman–Crippen LogP) is 4.19. The van der Waals surface area contributed by atoms with Gasteiger partial charge in [0.1, 0.15) is 0 Å². The van der Waals surface area contributed by atoms with Crippen molar-refractivity contribution in [2.24, 2.45) is 0 Å². The maximum absolute atomic E-state index is 12.8. The first-order chi connectivity index (χ1) is 11.4. The molecule has 0 aromatic heterocycles. The van der Waals surface area contributed by atoms with Crippen LogP contribution < -0.4 is 0 Å². The molecule has 0 radical (unpaired) electrons. The molecule has 0 saturated carbocycles. The highest BCUT2D eigenvalue weighted by molar-refractivity contribution is 5.34. The van der Waals surface area contributed by atoms with Gasteiger partial charge in [-0.2, -0.15) is 26.3 Å². The molecule has 0 aliphatic rings. The Morgan fingerprint density at radius 3 is 1.52 bits per heavy atom. The highest BCUT2D eigenvalue weighted by Crippen LogP contribution is 2.37. The largest absolute Gasteiger partial charge is 0.416 e. The Hall–Kier alpha value is -2.06. The minimum absolute atomic E-state index is 0.00285. The molecule has 2 N–H and O–H groups in total. The third-order valence-corrected chi connectivity index (χ3v) is 3.46. The maximum atomic E-state index is 12.8. The summed E-state index contributed by atoms with van der Waals surface area (Å²) in [5.74, 6) is -2.49. The van der Waals surface area contributed by atoms with E-state index in [1.54, 1.807) is 30.3 Å². The van der Waals surface area contributed by atoms with Crippen molar-refractivity contribution in [2.45, 2.75) is 31.0 Å². The second-order valence-electron chi connectivity index (χ2n) is 5.74.